The van der Waals surface area contributed by atoms with E-state index in [1.807, 2.05) is 11.8 Å². The Morgan fingerprint density at radius 3 is 2.00 bits per heavy atom. The van der Waals surface area contributed by atoms with Crippen molar-refractivity contribution >= 4 is 45.5 Å². The van der Waals surface area contributed by atoms with Gasteiger partial charge in [-0.25, -0.2) is 15.0 Å². The number of hydrogen-bond donors (Lipinski definition) is 0. The molecule has 4 aliphatic carbocycles. The van der Waals surface area contributed by atoms with Crippen molar-refractivity contribution in [1.82, 2.24) is 19.5 Å². The Labute approximate surface area is 403 Å². The monoisotopic (exact) mass is 894 g/mol. The molecule has 0 saturated heterocycles. The lowest BCUT2D eigenvalue weighted by molar-refractivity contribution is 0.645. The molecule has 5 aliphatic rings. The van der Waals surface area contributed by atoms with Crippen molar-refractivity contribution in [3.8, 4) is 28.5 Å². The van der Waals surface area contributed by atoms with Gasteiger partial charge < -0.3 is 4.57 Å². The highest BCUT2D eigenvalue weighted by atomic mass is 32.2. The maximum atomic E-state index is 5.48. The van der Waals surface area contributed by atoms with E-state index >= 15 is 0 Å². The standard InChI is InChI=1S/C63H50N4S/c1-6-20-41(21-7-1)47-31-18-32-48(42-22-8-2-9-23-42)57(47)45-36-37-49(53(40-45)63-65-61(43-24-10-3-11-25-43)64-62(66-63)44-26-12-4-13-27-44)50-33-19-34-52-59-56(68-60(50)52)39-38-55-58(59)51-30-16-17-35-54(51)67(55)46-28-14-5-15-29-46/h1,3-6,8,10-20,22,24-39,42,45,56,59H,2,7,9,21,23,40H2. The number of nitrogens with zero attached hydrogens (tertiary/aromatic N) is 4. The molecule has 4 atom stereocenters. The minimum Gasteiger partial charge on any atom is -0.310 e. The normalized spacial score (nSPS) is 20.3. The molecule has 4 nitrogen and oxygen atoms in total. The molecule has 5 heteroatoms. The number of rotatable bonds is 8. The Kier molecular flexibility index (Phi) is 10.5. The number of thioether (sulfide) groups is 1. The van der Waals surface area contributed by atoms with Gasteiger partial charge in [-0.3, -0.25) is 0 Å². The number of benzene rings is 6. The van der Waals surface area contributed by atoms with Crippen LogP contribution in [-0.2, 0) is 0 Å². The van der Waals surface area contributed by atoms with Gasteiger partial charge in [0.1, 0.15) is 0 Å². The van der Waals surface area contributed by atoms with Crippen molar-refractivity contribution in [2.24, 2.45) is 0 Å². The molecule has 0 N–H and O–H groups in total. The van der Waals surface area contributed by atoms with Crippen LogP contribution in [0.4, 0.5) is 0 Å². The number of fused-ring (bicyclic) bond motifs is 7. The van der Waals surface area contributed by atoms with Crippen LogP contribution in [-0.4, -0.2) is 24.8 Å². The zero-order chi connectivity index (χ0) is 45.0. The third-order valence-electron chi connectivity index (χ3n) is 14.7. The second-order valence-electron chi connectivity index (χ2n) is 18.7. The molecule has 0 spiro atoms. The van der Waals surface area contributed by atoms with Crippen molar-refractivity contribution in [3.05, 3.63) is 245 Å². The van der Waals surface area contributed by atoms with E-state index in [4.69, 9.17) is 15.0 Å². The summed E-state index contributed by atoms with van der Waals surface area (Å²) in [6.07, 6.45) is 28.0. The highest BCUT2D eigenvalue weighted by molar-refractivity contribution is 8.00. The van der Waals surface area contributed by atoms with Gasteiger partial charge in [0.15, 0.2) is 17.5 Å². The van der Waals surface area contributed by atoms with Crippen molar-refractivity contribution in [2.75, 3.05) is 0 Å². The largest absolute Gasteiger partial charge is 0.310 e. The molecule has 0 radical (unpaired) electrons. The molecule has 328 valence electrons. The molecule has 6 aromatic carbocycles. The topological polar surface area (TPSA) is 43.6 Å². The summed E-state index contributed by atoms with van der Waals surface area (Å²) in [6, 6.07) is 54.7. The summed E-state index contributed by atoms with van der Waals surface area (Å²) in [4.78, 5) is 17.5. The minimum absolute atomic E-state index is 0.112. The van der Waals surface area contributed by atoms with E-state index in [0.717, 1.165) is 48.2 Å². The summed E-state index contributed by atoms with van der Waals surface area (Å²) in [6.45, 7) is 0. The van der Waals surface area contributed by atoms with E-state index in [0.29, 0.717) is 17.6 Å². The first-order chi connectivity index (χ1) is 33.7. The first-order valence-electron chi connectivity index (χ1n) is 24.4. The van der Waals surface area contributed by atoms with Crippen molar-refractivity contribution in [1.29, 1.82) is 0 Å². The van der Waals surface area contributed by atoms with Crippen LogP contribution in [0.2, 0.25) is 0 Å². The Bertz CT molecular complexity index is 3390. The van der Waals surface area contributed by atoms with Crippen molar-refractivity contribution < 1.29 is 0 Å². The van der Waals surface area contributed by atoms with E-state index < -0.39 is 0 Å². The lowest BCUT2D eigenvalue weighted by Gasteiger charge is -2.30. The van der Waals surface area contributed by atoms with Gasteiger partial charge in [0.2, 0.25) is 0 Å². The molecule has 68 heavy (non-hydrogen) atoms. The van der Waals surface area contributed by atoms with E-state index in [2.05, 4.69) is 211 Å². The van der Waals surface area contributed by atoms with Crippen LogP contribution in [0.5, 0.6) is 0 Å². The third kappa shape index (κ3) is 7.11. The Hall–Kier alpha value is -7.34. The quantitative estimate of drug-likeness (QED) is 0.143. The Morgan fingerprint density at radius 1 is 0.559 bits per heavy atom. The maximum absolute atomic E-state index is 5.48. The molecule has 0 fully saturated rings. The summed E-state index contributed by atoms with van der Waals surface area (Å²) in [5.41, 5.74) is 17.8. The number of hydrogen-bond acceptors (Lipinski definition) is 4. The average molecular weight is 895 g/mol. The second kappa shape index (κ2) is 17.4. The van der Waals surface area contributed by atoms with E-state index in [-0.39, 0.29) is 17.1 Å². The fourth-order valence-electron chi connectivity index (χ4n) is 11.6. The first kappa shape index (κ1) is 40.9. The zero-order valence-corrected chi connectivity index (χ0v) is 38.7. The average Bonchev–Trinajstić information content (AvgIpc) is 3.98. The van der Waals surface area contributed by atoms with Crippen LogP contribution in [0.1, 0.15) is 101 Å². The highest BCUT2D eigenvalue weighted by Crippen LogP contribution is 2.57. The summed E-state index contributed by atoms with van der Waals surface area (Å²) < 4.78 is 2.46. The molecular formula is C63H50N4S. The van der Waals surface area contributed by atoms with Gasteiger partial charge in [0, 0.05) is 55.7 Å². The number of aromatic nitrogens is 4. The summed E-state index contributed by atoms with van der Waals surface area (Å²) in [7, 11) is 0. The first-order valence-corrected chi connectivity index (χ1v) is 25.2. The second-order valence-corrected chi connectivity index (χ2v) is 19.9. The molecule has 3 heterocycles. The highest BCUT2D eigenvalue weighted by Gasteiger charge is 2.41. The molecule has 0 saturated carbocycles. The molecule has 2 aromatic heterocycles. The molecule has 0 bridgehead atoms. The van der Waals surface area contributed by atoms with Crippen LogP contribution in [0.15, 0.2) is 205 Å². The van der Waals surface area contributed by atoms with Gasteiger partial charge in [0.05, 0.1) is 11.2 Å². The van der Waals surface area contributed by atoms with E-state index in [1.165, 1.54) is 84.5 Å². The number of allylic oxidation sites excluding steroid dienone is 10. The lowest BCUT2D eigenvalue weighted by atomic mass is 9.74. The van der Waals surface area contributed by atoms with Crippen LogP contribution in [0.25, 0.3) is 62.2 Å². The SMILES string of the molecule is C1=CCCC(c2cccc(C3C=CCCC3)c2C2C=CC(c3cccc4c3SC3C=Cc5c(c6ccccc6n5-c5ccccc5)C43)=C(c3nc(-c4ccccc4)nc(-c4ccccc4)n3)C2)=C1. The smallest absolute Gasteiger partial charge is 0.164 e. The van der Waals surface area contributed by atoms with Crippen LogP contribution < -0.4 is 0 Å². The summed E-state index contributed by atoms with van der Waals surface area (Å²) in [5.74, 6) is 2.81. The van der Waals surface area contributed by atoms with Crippen LogP contribution in [0, 0.1) is 0 Å². The number of para-hydroxylation sites is 2. The van der Waals surface area contributed by atoms with Crippen LogP contribution in [0.3, 0.4) is 0 Å². The van der Waals surface area contributed by atoms with E-state index in [1.54, 1.807) is 0 Å². The Morgan fingerprint density at radius 2 is 1.26 bits per heavy atom. The molecule has 4 unspecified atom stereocenters. The van der Waals surface area contributed by atoms with Gasteiger partial charge in [0.25, 0.3) is 0 Å². The maximum Gasteiger partial charge on any atom is 0.164 e. The van der Waals surface area contributed by atoms with E-state index in [9.17, 15) is 0 Å². The summed E-state index contributed by atoms with van der Waals surface area (Å²) >= 11 is 2.02. The third-order valence-corrected chi connectivity index (χ3v) is 16.1. The van der Waals surface area contributed by atoms with Crippen molar-refractivity contribution in [3.63, 3.8) is 0 Å². The van der Waals surface area contributed by atoms with Crippen LogP contribution >= 0.6 is 11.8 Å². The Balaban J connectivity index is 1.02. The molecule has 8 aromatic rings. The van der Waals surface area contributed by atoms with Gasteiger partial charge in [-0.1, -0.05) is 182 Å². The molecule has 13 rings (SSSR count). The molecule has 1 aliphatic heterocycles. The predicted octanol–water partition coefficient (Wildman–Crippen LogP) is 16.0. The van der Waals surface area contributed by atoms with Gasteiger partial charge >= 0.3 is 0 Å². The summed E-state index contributed by atoms with van der Waals surface area (Å²) in [5, 5.41) is 1.59. The predicted molar refractivity (Wildman–Crippen MR) is 283 cm³/mol. The molecule has 0 amide bonds. The zero-order valence-electron chi connectivity index (χ0n) is 37.9. The minimum atomic E-state index is 0.112. The lowest BCUT2D eigenvalue weighted by Crippen LogP contribution is -2.15. The molecular weight excluding hydrogens is 845 g/mol. The fraction of sp³-hybridized carbons (Fsp3) is 0.159. The van der Waals surface area contributed by atoms with Gasteiger partial charge in [-0.15, -0.1) is 11.8 Å². The van der Waals surface area contributed by atoms with Gasteiger partial charge in [-0.05, 0) is 107 Å². The van der Waals surface area contributed by atoms with Gasteiger partial charge in [-0.2, -0.15) is 0 Å². The van der Waals surface area contributed by atoms with Crippen molar-refractivity contribution in [2.45, 2.75) is 66.4 Å². The fourth-order valence-corrected chi connectivity index (χ4v) is 13.1.